The Hall–Kier alpha value is -4.71. The molecule has 18 heteroatoms. The third-order valence-corrected chi connectivity index (χ3v) is 8.56. The predicted octanol–water partition coefficient (Wildman–Crippen LogP) is 2.33. The molecule has 250 valence electrons. The molecule has 0 saturated carbocycles. The summed E-state index contributed by atoms with van der Waals surface area (Å²) in [6.07, 6.45) is -2.93. The lowest BCUT2D eigenvalue weighted by atomic mass is 10.0. The molecule has 0 radical (unpaired) electrons. The molecule has 1 amide bonds. The Morgan fingerprint density at radius 3 is 2.22 bits per heavy atom. The molecule has 0 unspecified atom stereocenters. The second kappa shape index (κ2) is 14.6. The number of carbonyl (C=O) groups excluding carboxylic acids is 1. The minimum atomic E-state index is -5.08. The Morgan fingerprint density at radius 1 is 1.00 bits per heavy atom. The zero-order chi connectivity index (χ0) is 34.3. The number of aromatic amines is 1. The number of fused-ring (bicyclic) bond motifs is 1. The molecular formula is C28H34F3N7O7S. The van der Waals surface area contributed by atoms with Crippen LogP contribution >= 0.6 is 0 Å². The van der Waals surface area contributed by atoms with Gasteiger partial charge in [0.2, 0.25) is 15.7 Å². The molecule has 14 nitrogen and oxygen atoms in total. The van der Waals surface area contributed by atoms with Crippen LogP contribution in [0, 0.1) is 20.8 Å². The molecule has 0 aliphatic carbocycles. The molecule has 2 aromatic carbocycles. The number of H-pyrrole nitrogens is 1. The highest BCUT2D eigenvalue weighted by Crippen LogP contribution is 2.25. The predicted molar refractivity (Wildman–Crippen MR) is 161 cm³/mol. The first kappa shape index (κ1) is 35.8. The number of halogens is 3. The van der Waals surface area contributed by atoms with Crippen LogP contribution in [-0.4, -0.2) is 84.1 Å². The summed E-state index contributed by atoms with van der Waals surface area (Å²) in [4.78, 5) is 39.2. The number of amides is 1. The van der Waals surface area contributed by atoms with E-state index >= 15 is 0 Å². The molecule has 3 aromatic rings. The highest BCUT2D eigenvalue weighted by atomic mass is 32.2. The van der Waals surface area contributed by atoms with Crippen LogP contribution in [0.4, 0.5) is 13.2 Å². The number of carboxylic acids is 2. The average Bonchev–Trinajstić information content (AvgIpc) is 3.63. The minimum absolute atomic E-state index is 0.0141. The van der Waals surface area contributed by atoms with Gasteiger partial charge < -0.3 is 26.2 Å². The molecule has 2 heterocycles. The minimum Gasteiger partial charge on any atom is -0.478 e. The van der Waals surface area contributed by atoms with E-state index in [4.69, 9.17) is 9.90 Å². The molecule has 0 spiro atoms. The van der Waals surface area contributed by atoms with Gasteiger partial charge in [-0.2, -0.15) is 23.0 Å². The first-order valence-corrected chi connectivity index (χ1v) is 15.4. The van der Waals surface area contributed by atoms with Crippen molar-refractivity contribution in [3.8, 4) is 0 Å². The lowest BCUT2D eigenvalue weighted by Crippen LogP contribution is -2.65. The average molecular weight is 670 g/mol. The van der Waals surface area contributed by atoms with Gasteiger partial charge in [-0.05, 0) is 69.4 Å². The van der Waals surface area contributed by atoms with Crippen LogP contribution in [-0.2, 0) is 19.6 Å². The van der Waals surface area contributed by atoms with Crippen molar-refractivity contribution in [2.24, 2.45) is 4.99 Å². The van der Waals surface area contributed by atoms with E-state index < -0.39 is 39.7 Å². The molecule has 4 rings (SSSR count). The number of benzene rings is 2. The van der Waals surface area contributed by atoms with Crippen molar-refractivity contribution in [3.63, 3.8) is 0 Å². The number of hydrogen-bond acceptors (Lipinski definition) is 9. The number of carboxylic acid groups (broad SMARTS) is 2. The number of hydrogen-bond donors (Lipinski definition) is 7. The Kier molecular flexibility index (Phi) is 11.3. The number of sulfonamides is 1. The van der Waals surface area contributed by atoms with Crippen molar-refractivity contribution in [1.82, 2.24) is 30.9 Å². The lowest BCUT2D eigenvalue weighted by Gasteiger charge is -2.32. The highest BCUT2D eigenvalue weighted by molar-refractivity contribution is 7.89. The molecule has 46 heavy (non-hydrogen) atoms. The molecule has 1 atom stereocenters. The van der Waals surface area contributed by atoms with E-state index in [0.29, 0.717) is 53.9 Å². The van der Waals surface area contributed by atoms with E-state index in [9.17, 15) is 36.3 Å². The van der Waals surface area contributed by atoms with Gasteiger partial charge in [-0.1, -0.05) is 17.7 Å². The standard InChI is InChI=1S/C26H33N7O5S.C2HF3O2/c1-16-12-17(2)22(18(3)13-16)39(37,38)33-26(24(35)36,8-4-5-9-27-25-28-10-11-29-25)31-23(34)19-6-7-21-20(14-19)15-30-32-21;3-2(4,5)1(6)7/h6-7,12-15,33H,4-5,8-11H2,1-3H3,(H,30,32)(H,31,34)(H,35,36)(H2,27,28,29);(H,6,7)/t26-;/m0./s1. The quantitative estimate of drug-likeness (QED) is 0.117. The van der Waals surface area contributed by atoms with Gasteiger partial charge in [0.1, 0.15) is 0 Å². The summed E-state index contributed by atoms with van der Waals surface area (Å²) >= 11 is 0. The number of aliphatic imine (C=N–C) groups is 1. The summed E-state index contributed by atoms with van der Waals surface area (Å²) in [6.45, 7) is 7.09. The number of aromatic nitrogens is 2. The maximum atomic E-state index is 13.7. The lowest BCUT2D eigenvalue weighted by molar-refractivity contribution is -0.192. The number of aryl methyl sites for hydroxylation is 3. The number of nitrogens with zero attached hydrogens (tertiary/aromatic N) is 2. The Morgan fingerprint density at radius 2 is 1.65 bits per heavy atom. The molecule has 0 saturated heterocycles. The fourth-order valence-corrected chi connectivity index (χ4v) is 6.57. The van der Waals surface area contributed by atoms with Gasteiger partial charge in [0, 0.05) is 24.0 Å². The number of aliphatic carboxylic acids is 2. The van der Waals surface area contributed by atoms with Crippen LogP contribution in [0.1, 0.15) is 46.3 Å². The largest absolute Gasteiger partial charge is 0.490 e. The van der Waals surface area contributed by atoms with Crippen molar-refractivity contribution in [1.29, 1.82) is 0 Å². The molecular weight excluding hydrogens is 635 g/mol. The maximum absolute atomic E-state index is 13.7. The molecule has 1 aliphatic heterocycles. The summed E-state index contributed by atoms with van der Waals surface area (Å²) in [5.74, 6) is -4.33. The Balaban J connectivity index is 0.000000738. The van der Waals surface area contributed by atoms with Gasteiger partial charge >= 0.3 is 18.1 Å². The first-order chi connectivity index (χ1) is 21.4. The number of carbonyl (C=O) groups is 3. The first-order valence-electron chi connectivity index (χ1n) is 13.9. The fourth-order valence-electron chi connectivity index (χ4n) is 4.80. The highest BCUT2D eigenvalue weighted by Gasteiger charge is 2.44. The van der Waals surface area contributed by atoms with Crippen molar-refractivity contribution >= 4 is 44.7 Å². The summed E-state index contributed by atoms with van der Waals surface area (Å²) in [6, 6.07) is 8.16. The van der Waals surface area contributed by atoms with E-state index in [1.165, 1.54) is 6.07 Å². The monoisotopic (exact) mass is 669 g/mol. The number of guanidine groups is 1. The number of alkyl halides is 3. The topological polar surface area (TPSA) is 215 Å². The van der Waals surface area contributed by atoms with Crippen molar-refractivity contribution < 1.29 is 46.2 Å². The normalized spacial score (nSPS) is 14.3. The van der Waals surface area contributed by atoms with Crippen molar-refractivity contribution in [2.75, 3.05) is 19.6 Å². The van der Waals surface area contributed by atoms with Gasteiger partial charge in [0.05, 0.1) is 23.2 Å². The molecule has 0 bridgehead atoms. The second-order valence-corrected chi connectivity index (χ2v) is 12.1. The van der Waals surface area contributed by atoms with Crippen LogP contribution in [0.2, 0.25) is 0 Å². The zero-order valence-electron chi connectivity index (χ0n) is 25.1. The third kappa shape index (κ3) is 9.16. The van der Waals surface area contributed by atoms with E-state index in [2.05, 4.69) is 35.9 Å². The van der Waals surface area contributed by atoms with Crippen LogP contribution in [0.3, 0.4) is 0 Å². The summed E-state index contributed by atoms with van der Waals surface area (Å²) in [5, 5.41) is 33.6. The number of rotatable bonds is 11. The molecule has 0 fully saturated rings. The van der Waals surface area contributed by atoms with Crippen LogP contribution in [0.5, 0.6) is 0 Å². The van der Waals surface area contributed by atoms with Gasteiger partial charge in [0.25, 0.3) is 5.91 Å². The summed E-state index contributed by atoms with van der Waals surface area (Å²) < 4.78 is 61.4. The van der Waals surface area contributed by atoms with Crippen molar-refractivity contribution in [2.45, 2.75) is 56.8 Å². The van der Waals surface area contributed by atoms with Gasteiger partial charge in [-0.25, -0.2) is 18.0 Å². The Bertz CT molecular complexity index is 1720. The van der Waals surface area contributed by atoms with E-state index in [-0.39, 0.29) is 16.9 Å². The number of unbranched alkanes of at least 4 members (excludes halogenated alkanes) is 1. The smallest absolute Gasteiger partial charge is 0.478 e. The SMILES string of the molecule is Cc1cc(C)c(S(=O)(=O)N[C@](CCCCNC2=NCCN2)(NC(=O)c2ccc3[nH]ncc3c2)C(=O)O)c(C)c1.O=C(O)C(F)(F)F. The fraction of sp³-hybridized carbons (Fsp3) is 0.393. The second-order valence-electron chi connectivity index (χ2n) is 10.5. The van der Waals surface area contributed by atoms with E-state index in [0.717, 1.165) is 12.1 Å². The molecule has 7 N–H and O–H groups in total. The third-order valence-electron chi connectivity index (χ3n) is 6.76. The summed E-state index contributed by atoms with van der Waals surface area (Å²) in [7, 11) is -4.36. The van der Waals surface area contributed by atoms with Crippen LogP contribution < -0.4 is 20.7 Å². The zero-order valence-corrected chi connectivity index (χ0v) is 25.9. The van der Waals surface area contributed by atoms with Gasteiger partial charge in [-0.15, -0.1) is 0 Å². The molecule has 1 aliphatic rings. The van der Waals surface area contributed by atoms with E-state index in [1.54, 1.807) is 44.3 Å². The summed E-state index contributed by atoms with van der Waals surface area (Å²) in [5.41, 5.74) is 0.411. The maximum Gasteiger partial charge on any atom is 0.490 e. The van der Waals surface area contributed by atoms with Gasteiger partial charge in [0.15, 0.2) is 5.96 Å². The van der Waals surface area contributed by atoms with Gasteiger partial charge in [-0.3, -0.25) is 14.9 Å². The van der Waals surface area contributed by atoms with Crippen LogP contribution in [0.15, 0.2) is 46.4 Å². The van der Waals surface area contributed by atoms with Crippen molar-refractivity contribution in [3.05, 3.63) is 58.8 Å². The Labute approximate surface area is 261 Å². The number of nitrogens with one attached hydrogen (secondary N) is 5. The van der Waals surface area contributed by atoms with E-state index in [1.807, 2.05) is 6.92 Å². The molecule has 1 aromatic heterocycles. The van der Waals surface area contributed by atoms with Crippen LogP contribution in [0.25, 0.3) is 10.9 Å².